The minimum atomic E-state index is -0.490. The van der Waals surface area contributed by atoms with E-state index in [4.69, 9.17) is 4.42 Å². The van der Waals surface area contributed by atoms with Crippen LogP contribution in [0.5, 0.6) is 0 Å². The number of carbonyl (C=O) groups excluding carboxylic acids is 3. The highest BCUT2D eigenvalue weighted by Gasteiger charge is 2.15. The molecule has 2 N–H and O–H groups in total. The molecule has 3 rings (SSSR count). The van der Waals surface area contributed by atoms with E-state index >= 15 is 0 Å². The number of aromatic nitrogens is 1. The molecule has 0 aliphatic heterocycles. The summed E-state index contributed by atoms with van der Waals surface area (Å²) in [7, 11) is 0. The van der Waals surface area contributed by atoms with Gasteiger partial charge in [-0.15, -0.1) is 11.3 Å². The van der Waals surface area contributed by atoms with E-state index in [-0.39, 0.29) is 23.4 Å². The first-order chi connectivity index (χ1) is 12.0. The third-order valence-corrected chi connectivity index (χ3v) is 4.12. The standard InChI is InChI=1S/C17H13N3O4S/c1-10(21)11-4-6-12(7-5-11)18-15(22)13-9-24-17(19-13)20-16(23)14-3-2-8-25-14/h2-9H,1H3,(H,18,22)(H,19,20,23). The number of amides is 2. The average molecular weight is 355 g/mol. The third kappa shape index (κ3) is 3.99. The van der Waals surface area contributed by atoms with Crippen LogP contribution in [0.3, 0.4) is 0 Å². The zero-order valence-corrected chi connectivity index (χ0v) is 13.9. The van der Waals surface area contributed by atoms with E-state index in [1.807, 2.05) is 0 Å². The summed E-state index contributed by atoms with van der Waals surface area (Å²) >= 11 is 1.28. The van der Waals surface area contributed by atoms with Crippen LogP contribution in [0.15, 0.2) is 52.5 Å². The van der Waals surface area contributed by atoms with Crippen molar-refractivity contribution in [2.24, 2.45) is 0 Å². The lowest BCUT2D eigenvalue weighted by Gasteiger charge is -2.03. The Labute approximate surface area is 146 Å². The van der Waals surface area contributed by atoms with Gasteiger partial charge in [-0.1, -0.05) is 6.07 Å². The number of rotatable bonds is 5. The van der Waals surface area contributed by atoms with Gasteiger partial charge in [0, 0.05) is 11.3 Å². The topological polar surface area (TPSA) is 101 Å². The Bertz CT molecular complexity index is 914. The molecule has 0 spiro atoms. The first-order valence-corrected chi connectivity index (χ1v) is 8.13. The van der Waals surface area contributed by atoms with E-state index in [0.717, 1.165) is 6.26 Å². The fourth-order valence-electron chi connectivity index (χ4n) is 1.99. The van der Waals surface area contributed by atoms with E-state index < -0.39 is 5.91 Å². The van der Waals surface area contributed by atoms with Crippen molar-refractivity contribution in [2.45, 2.75) is 6.92 Å². The normalized spacial score (nSPS) is 10.3. The SMILES string of the molecule is CC(=O)c1ccc(NC(=O)c2coc(NC(=O)c3cccs3)n2)cc1. The molecular weight excluding hydrogens is 342 g/mol. The van der Waals surface area contributed by atoms with Crippen molar-refractivity contribution in [1.82, 2.24) is 4.98 Å². The average Bonchev–Trinajstić information content (AvgIpc) is 3.27. The van der Waals surface area contributed by atoms with E-state index in [2.05, 4.69) is 15.6 Å². The van der Waals surface area contributed by atoms with Gasteiger partial charge in [0.15, 0.2) is 11.5 Å². The molecule has 0 atom stereocenters. The van der Waals surface area contributed by atoms with Crippen molar-refractivity contribution in [1.29, 1.82) is 0 Å². The first kappa shape index (κ1) is 16.6. The van der Waals surface area contributed by atoms with Gasteiger partial charge in [0.05, 0.1) is 4.88 Å². The zero-order chi connectivity index (χ0) is 17.8. The number of nitrogens with zero attached hydrogens (tertiary/aromatic N) is 1. The number of anilines is 2. The third-order valence-electron chi connectivity index (χ3n) is 3.25. The monoisotopic (exact) mass is 355 g/mol. The number of oxazole rings is 1. The molecule has 0 radical (unpaired) electrons. The number of thiophene rings is 1. The molecule has 8 heteroatoms. The van der Waals surface area contributed by atoms with E-state index in [1.165, 1.54) is 18.3 Å². The second-order valence-electron chi connectivity index (χ2n) is 5.06. The van der Waals surface area contributed by atoms with Crippen molar-refractivity contribution in [3.05, 3.63) is 64.2 Å². The van der Waals surface area contributed by atoms with Crippen LogP contribution in [0.25, 0.3) is 0 Å². The summed E-state index contributed by atoms with van der Waals surface area (Å²) in [6.07, 6.45) is 1.16. The summed E-state index contributed by atoms with van der Waals surface area (Å²) in [5, 5.41) is 6.89. The second kappa shape index (κ2) is 7.10. The maximum atomic E-state index is 12.1. The van der Waals surface area contributed by atoms with Crippen LogP contribution in [0.4, 0.5) is 11.7 Å². The number of hydrogen-bond acceptors (Lipinski definition) is 6. The number of benzene rings is 1. The van der Waals surface area contributed by atoms with E-state index in [1.54, 1.807) is 41.8 Å². The van der Waals surface area contributed by atoms with Gasteiger partial charge in [-0.2, -0.15) is 4.98 Å². The summed E-state index contributed by atoms with van der Waals surface area (Å²) < 4.78 is 5.10. The largest absolute Gasteiger partial charge is 0.431 e. The predicted molar refractivity (Wildman–Crippen MR) is 93.2 cm³/mol. The quantitative estimate of drug-likeness (QED) is 0.683. The number of hydrogen-bond donors (Lipinski definition) is 2. The molecule has 3 aromatic rings. The molecule has 2 aromatic heterocycles. The van der Waals surface area contributed by atoms with E-state index in [9.17, 15) is 14.4 Å². The Morgan fingerprint density at radius 2 is 1.80 bits per heavy atom. The number of Topliss-reactive ketones (excluding diaryl/α,β-unsaturated/α-hetero) is 1. The molecule has 0 saturated heterocycles. The fourth-order valence-corrected chi connectivity index (χ4v) is 2.60. The summed E-state index contributed by atoms with van der Waals surface area (Å²) in [4.78, 5) is 39.7. The second-order valence-corrected chi connectivity index (χ2v) is 6.00. The van der Waals surface area contributed by atoms with Gasteiger partial charge in [0.1, 0.15) is 6.26 Å². The molecule has 0 bridgehead atoms. The molecule has 0 aliphatic carbocycles. The highest BCUT2D eigenvalue weighted by atomic mass is 32.1. The minimum Gasteiger partial charge on any atom is -0.431 e. The van der Waals surface area contributed by atoms with Crippen LogP contribution in [0, 0.1) is 0 Å². The lowest BCUT2D eigenvalue weighted by Crippen LogP contribution is -2.14. The number of carbonyl (C=O) groups is 3. The molecule has 0 unspecified atom stereocenters. The van der Waals surface area contributed by atoms with Gasteiger partial charge < -0.3 is 9.73 Å². The van der Waals surface area contributed by atoms with Crippen molar-refractivity contribution in [3.8, 4) is 0 Å². The maximum absolute atomic E-state index is 12.1. The molecule has 2 amide bonds. The minimum absolute atomic E-state index is 0.0251. The Balaban J connectivity index is 1.64. The van der Waals surface area contributed by atoms with Crippen LogP contribution in [-0.2, 0) is 0 Å². The number of nitrogens with one attached hydrogen (secondary N) is 2. The fraction of sp³-hybridized carbons (Fsp3) is 0.0588. The van der Waals surface area contributed by atoms with Gasteiger partial charge in [0.25, 0.3) is 11.8 Å². The first-order valence-electron chi connectivity index (χ1n) is 7.25. The van der Waals surface area contributed by atoms with Crippen LogP contribution in [0.2, 0.25) is 0 Å². The van der Waals surface area contributed by atoms with Crippen molar-refractivity contribution < 1.29 is 18.8 Å². The Morgan fingerprint density at radius 1 is 1.04 bits per heavy atom. The van der Waals surface area contributed by atoms with Crippen LogP contribution in [-0.4, -0.2) is 22.6 Å². The molecule has 7 nitrogen and oxygen atoms in total. The van der Waals surface area contributed by atoms with Gasteiger partial charge in [-0.05, 0) is 42.6 Å². The molecule has 2 heterocycles. The van der Waals surface area contributed by atoms with Crippen LogP contribution in [0.1, 0.15) is 37.4 Å². The molecule has 0 fully saturated rings. The molecule has 126 valence electrons. The smallest absolute Gasteiger partial charge is 0.302 e. The highest BCUT2D eigenvalue weighted by molar-refractivity contribution is 7.12. The van der Waals surface area contributed by atoms with Crippen molar-refractivity contribution in [3.63, 3.8) is 0 Å². The highest BCUT2D eigenvalue weighted by Crippen LogP contribution is 2.15. The lowest BCUT2D eigenvalue weighted by molar-refractivity contribution is 0.101. The molecule has 25 heavy (non-hydrogen) atoms. The van der Waals surface area contributed by atoms with Gasteiger partial charge in [-0.25, -0.2) is 0 Å². The lowest BCUT2D eigenvalue weighted by atomic mass is 10.1. The van der Waals surface area contributed by atoms with Crippen LogP contribution >= 0.6 is 11.3 Å². The summed E-state index contributed by atoms with van der Waals surface area (Å²) in [6, 6.07) is 9.84. The Hall–Kier alpha value is -3.26. The summed E-state index contributed by atoms with van der Waals surface area (Å²) in [5.74, 6) is -0.903. The van der Waals surface area contributed by atoms with Crippen LogP contribution < -0.4 is 10.6 Å². The maximum Gasteiger partial charge on any atom is 0.302 e. The number of ketones is 1. The molecular formula is C17H13N3O4S. The van der Waals surface area contributed by atoms with Gasteiger partial charge in [0.2, 0.25) is 0 Å². The van der Waals surface area contributed by atoms with Gasteiger partial charge >= 0.3 is 6.01 Å². The predicted octanol–water partition coefficient (Wildman–Crippen LogP) is 3.44. The molecule has 0 saturated carbocycles. The zero-order valence-electron chi connectivity index (χ0n) is 13.1. The molecule has 1 aromatic carbocycles. The van der Waals surface area contributed by atoms with Gasteiger partial charge in [-0.3, -0.25) is 19.7 Å². The Morgan fingerprint density at radius 3 is 2.44 bits per heavy atom. The Kier molecular flexibility index (Phi) is 4.71. The molecule has 0 aliphatic rings. The van der Waals surface area contributed by atoms with Crippen molar-refractivity contribution in [2.75, 3.05) is 10.6 Å². The van der Waals surface area contributed by atoms with E-state index in [0.29, 0.717) is 16.1 Å². The van der Waals surface area contributed by atoms with Crippen molar-refractivity contribution >= 4 is 40.6 Å². The summed E-state index contributed by atoms with van der Waals surface area (Å²) in [6.45, 7) is 1.47. The summed E-state index contributed by atoms with van der Waals surface area (Å²) in [5.41, 5.74) is 1.09.